The number of amides is 1. The van der Waals surface area contributed by atoms with Crippen LogP contribution < -0.4 is 0 Å². The standard InChI is InChI=1S/C20H18N2O3S/c1-2-11-22(13-16-7-5-12-26-16)19(23)14-25-20(24)18-10-9-15-6-3-4-8-17(15)21-18/h2-10,12H,1,11,13-14H2. The molecule has 0 atom stereocenters. The van der Waals surface area contributed by atoms with Gasteiger partial charge in [0, 0.05) is 16.8 Å². The van der Waals surface area contributed by atoms with Crippen LogP contribution in [0.25, 0.3) is 10.9 Å². The Balaban J connectivity index is 1.62. The minimum absolute atomic E-state index is 0.185. The van der Waals surface area contributed by atoms with Crippen molar-refractivity contribution in [1.82, 2.24) is 9.88 Å². The number of pyridine rings is 1. The number of rotatable bonds is 7. The third-order valence-electron chi connectivity index (χ3n) is 3.76. The fraction of sp³-hybridized carbons (Fsp3) is 0.150. The highest BCUT2D eigenvalue weighted by molar-refractivity contribution is 7.09. The maximum absolute atomic E-state index is 12.4. The highest BCUT2D eigenvalue weighted by atomic mass is 32.1. The summed E-state index contributed by atoms with van der Waals surface area (Å²) in [5.41, 5.74) is 0.893. The van der Waals surface area contributed by atoms with Crippen molar-refractivity contribution in [1.29, 1.82) is 0 Å². The molecule has 1 aromatic carbocycles. The van der Waals surface area contributed by atoms with E-state index in [1.54, 1.807) is 28.4 Å². The van der Waals surface area contributed by atoms with E-state index in [2.05, 4.69) is 11.6 Å². The zero-order chi connectivity index (χ0) is 18.4. The average molecular weight is 366 g/mol. The summed E-state index contributed by atoms with van der Waals surface area (Å²) in [6, 6.07) is 14.8. The van der Waals surface area contributed by atoms with Crippen molar-refractivity contribution in [3.05, 3.63) is 77.1 Å². The van der Waals surface area contributed by atoms with E-state index in [0.29, 0.717) is 18.6 Å². The van der Waals surface area contributed by atoms with Gasteiger partial charge < -0.3 is 9.64 Å². The molecule has 0 fully saturated rings. The van der Waals surface area contributed by atoms with Crippen LogP contribution in [-0.4, -0.2) is 34.9 Å². The second kappa shape index (κ2) is 8.40. The highest BCUT2D eigenvalue weighted by Crippen LogP contribution is 2.14. The van der Waals surface area contributed by atoms with Gasteiger partial charge in [0.2, 0.25) is 0 Å². The lowest BCUT2D eigenvalue weighted by Gasteiger charge is -2.20. The van der Waals surface area contributed by atoms with Gasteiger partial charge in [0.1, 0.15) is 5.69 Å². The van der Waals surface area contributed by atoms with Crippen molar-refractivity contribution in [2.24, 2.45) is 0 Å². The van der Waals surface area contributed by atoms with E-state index >= 15 is 0 Å². The molecule has 1 amide bonds. The van der Waals surface area contributed by atoms with E-state index in [4.69, 9.17) is 4.74 Å². The van der Waals surface area contributed by atoms with Crippen LogP contribution in [0.1, 0.15) is 15.4 Å². The number of fused-ring (bicyclic) bond motifs is 1. The van der Waals surface area contributed by atoms with Crippen molar-refractivity contribution in [3.8, 4) is 0 Å². The van der Waals surface area contributed by atoms with E-state index < -0.39 is 5.97 Å². The van der Waals surface area contributed by atoms with Crippen molar-refractivity contribution >= 4 is 34.1 Å². The van der Waals surface area contributed by atoms with E-state index in [1.165, 1.54) is 0 Å². The number of esters is 1. The first-order valence-corrected chi connectivity index (χ1v) is 8.99. The smallest absolute Gasteiger partial charge is 0.357 e. The van der Waals surface area contributed by atoms with Crippen LogP contribution in [0.4, 0.5) is 0 Å². The zero-order valence-corrected chi connectivity index (χ0v) is 14.9. The lowest BCUT2D eigenvalue weighted by molar-refractivity contribution is -0.134. The fourth-order valence-corrected chi connectivity index (χ4v) is 3.19. The summed E-state index contributed by atoms with van der Waals surface area (Å²) in [4.78, 5) is 31.5. The number of carbonyl (C=O) groups is 2. The molecule has 0 aliphatic rings. The van der Waals surface area contributed by atoms with Crippen LogP contribution in [0.2, 0.25) is 0 Å². The van der Waals surface area contributed by atoms with E-state index in [1.807, 2.05) is 47.8 Å². The summed E-state index contributed by atoms with van der Waals surface area (Å²) in [6.07, 6.45) is 1.65. The first-order valence-electron chi connectivity index (χ1n) is 8.11. The SMILES string of the molecule is C=CCN(Cc1cccs1)C(=O)COC(=O)c1ccc2ccccc2n1. The summed E-state index contributed by atoms with van der Waals surface area (Å²) in [7, 11) is 0. The van der Waals surface area contributed by atoms with E-state index in [-0.39, 0.29) is 18.2 Å². The molecular formula is C20H18N2O3S. The third kappa shape index (κ3) is 4.34. The topological polar surface area (TPSA) is 59.5 Å². The predicted molar refractivity (Wildman–Crippen MR) is 102 cm³/mol. The molecule has 3 aromatic rings. The van der Waals surface area contributed by atoms with Gasteiger partial charge in [0.25, 0.3) is 5.91 Å². The molecule has 3 rings (SSSR count). The first kappa shape index (κ1) is 17.8. The first-order chi connectivity index (χ1) is 12.7. The second-order valence-electron chi connectivity index (χ2n) is 5.61. The Bertz CT molecular complexity index is 922. The van der Waals surface area contributed by atoms with Gasteiger partial charge in [-0.1, -0.05) is 36.4 Å². The zero-order valence-electron chi connectivity index (χ0n) is 14.1. The number of thiophene rings is 1. The minimum Gasteiger partial charge on any atom is -0.451 e. The Morgan fingerprint density at radius 1 is 1.15 bits per heavy atom. The van der Waals surface area contributed by atoms with Gasteiger partial charge in [-0.15, -0.1) is 17.9 Å². The summed E-state index contributed by atoms with van der Waals surface area (Å²) in [6.45, 7) is 4.21. The monoisotopic (exact) mass is 366 g/mol. The number of aromatic nitrogens is 1. The third-order valence-corrected chi connectivity index (χ3v) is 4.62. The molecule has 2 heterocycles. The van der Waals surface area contributed by atoms with Crippen LogP contribution >= 0.6 is 11.3 Å². The molecule has 6 heteroatoms. The number of hydrogen-bond acceptors (Lipinski definition) is 5. The van der Waals surface area contributed by atoms with Gasteiger partial charge >= 0.3 is 5.97 Å². The van der Waals surface area contributed by atoms with Crippen LogP contribution in [0.15, 0.2) is 66.6 Å². The van der Waals surface area contributed by atoms with E-state index in [9.17, 15) is 9.59 Å². The summed E-state index contributed by atoms with van der Waals surface area (Å²) in [5.74, 6) is -0.883. The van der Waals surface area contributed by atoms with Crippen molar-refractivity contribution in [2.75, 3.05) is 13.2 Å². The van der Waals surface area contributed by atoms with Gasteiger partial charge in [-0.05, 0) is 23.6 Å². The fourth-order valence-electron chi connectivity index (χ4n) is 2.47. The summed E-state index contributed by atoms with van der Waals surface area (Å²) >= 11 is 1.57. The molecule has 2 aromatic heterocycles. The van der Waals surface area contributed by atoms with Crippen molar-refractivity contribution in [2.45, 2.75) is 6.54 Å². The number of benzene rings is 1. The molecule has 5 nitrogen and oxygen atoms in total. The number of para-hydroxylation sites is 1. The molecular weight excluding hydrogens is 348 g/mol. The van der Waals surface area contributed by atoms with Crippen molar-refractivity contribution < 1.29 is 14.3 Å². The van der Waals surface area contributed by atoms with Crippen LogP contribution in [0.3, 0.4) is 0 Å². The molecule has 0 N–H and O–H groups in total. The van der Waals surface area contributed by atoms with Gasteiger partial charge in [-0.25, -0.2) is 9.78 Å². The molecule has 0 saturated heterocycles. The number of carbonyl (C=O) groups excluding carboxylic acids is 2. The Labute approximate surface area is 155 Å². The molecule has 0 radical (unpaired) electrons. The van der Waals surface area contributed by atoms with Gasteiger partial charge in [-0.3, -0.25) is 4.79 Å². The van der Waals surface area contributed by atoms with Gasteiger partial charge in [-0.2, -0.15) is 0 Å². The quantitative estimate of drug-likeness (QED) is 0.473. The summed E-state index contributed by atoms with van der Waals surface area (Å²) < 4.78 is 5.16. The number of nitrogens with zero attached hydrogens (tertiary/aromatic N) is 2. The lowest BCUT2D eigenvalue weighted by atomic mass is 10.2. The van der Waals surface area contributed by atoms with Gasteiger partial charge in [0.05, 0.1) is 12.1 Å². The van der Waals surface area contributed by atoms with Crippen molar-refractivity contribution in [3.63, 3.8) is 0 Å². The highest BCUT2D eigenvalue weighted by Gasteiger charge is 2.17. The average Bonchev–Trinajstić information content (AvgIpc) is 3.18. The number of hydrogen-bond donors (Lipinski definition) is 0. The van der Waals surface area contributed by atoms with Gasteiger partial charge in [0.15, 0.2) is 6.61 Å². The molecule has 0 unspecified atom stereocenters. The molecule has 0 saturated carbocycles. The molecule has 0 spiro atoms. The second-order valence-corrected chi connectivity index (χ2v) is 6.64. The largest absolute Gasteiger partial charge is 0.451 e. The lowest BCUT2D eigenvalue weighted by Crippen LogP contribution is -2.34. The van der Waals surface area contributed by atoms with Crippen LogP contribution in [0, 0.1) is 0 Å². The van der Waals surface area contributed by atoms with E-state index in [0.717, 1.165) is 10.3 Å². The Morgan fingerprint density at radius 3 is 2.77 bits per heavy atom. The molecule has 132 valence electrons. The Hall–Kier alpha value is -2.99. The normalized spacial score (nSPS) is 10.5. The molecule has 26 heavy (non-hydrogen) atoms. The van der Waals surface area contributed by atoms with Crippen LogP contribution in [0.5, 0.6) is 0 Å². The minimum atomic E-state index is -0.612. The van der Waals surface area contributed by atoms with Crippen LogP contribution in [-0.2, 0) is 16.1 Å². The predicted octanol–water partition coefficient (Wildman–Crippen LogP) is 3.67. The maximum atomic E-state index is 12.4. The Kier molecular flexibility index (Phi) is 5.76. The molecule has 0 aliphatic carbocycles. The molecule has 0 aliphatic heterocycles. The maximum Gasteiger partial charge on any atom is 0.357 e. The number of ether oxygens (including phenoxy) is 1. The molecule has 0 bridgehead atoms. The Morgan fingerprint density at radius 2 is 2.00 bits per heavy atom. The summed E-state index contributed by atoms with van der Waals surface area (Å²) in [5, 5.41) is 2.89.